The Morgan fingerprint density at radius 3 is 2.44 bits per heavy atom. The zero-order valence-corrected chi connectivity index (χ0v) is 22.8. The molecule has 2 N–H and O–H groups in total. The Hall–Kier alpha value is -3.00. The van der Waals surface area contributed by atoms with Crippen molar-refractivity contribution in [3.8, 4) is 11.1 Å². The van der Waals surface area contributed by atoms with Crippen LogP contribution in [0.4, 0.5) is 5.69 Å². The second-order valence-corrected chi connectivity index (χ2v) is 11.9. The summed E-state index contributed by atoms with van der Waals surface area (Å²) in [6.45, 7) is 6.86. The molecule has 39 heavy (non-hydrogen) atoms. The lowest BCUT2D eigenvalue weighted by Crippen LogP contribution is -2.45. The Morgan fingerprint density at radius 2 is 1.74 bits per heavy atom. The zero-order chi connectivity index (χ0) is 26.7. The molecule has 2 aliphatic carbocycles. The molecule has 3 heterocycles. The standard InChI is InChI=1S/C32H36BN3O3/c1-19-17-36(18-20(2)39-19)24-10-8-21(9-11-24)28-16-35-32-25(4-3-5-26(32)31(28)22-6-7-22)30-14-23(12-13-34-30)27-15-29(27)33(37)38/h3-5,8-11,14,16,19-20,22,27,29,37-38H,6-7,12-13,15,17-18H2,1-2H3/t19-,20+,27?,29?. The van der Waals surface area contributed by atoms with Gasteiger partial charge in [0.1, 0.15) is 0 Å². The average molecular weight is 521 g/mol. The molecule has 3 aromatic rings. The number of morpholine rings is 1. The van der Waals surface area contributed by atoms with Crippen molar-refractivity contribution < 1.29 is 14.8 Å². The smallest absolute Gasteiger partial charge is 0.427 e. The summed E-state index contributed by atoms with van der Waals surface area (Å²) in [6.07, 6.45) is 8.91. The molecule has 0 bridgehead atoms. The molecule has 7 heteroatoms. The molecule has 2 aromatic carbocycles. The number of dihydropyridines is 1. The first-order valence-electron chi connectivity index (χ1n) is 14.5. The first-order chi connectivity index (χ1) is 19.0. The van der Waals surface area contributed by atoms with Crippen molar-refractivity contribution in [3.63, 3.8) is 0 Å². The van der Waals surface area contributed by atoms with E-state index in [0.29, 0.717) is 5.92 Å². The van der Waals surface area contributed by atoms with Gasteiger partial charge in [-0.1, -0.05) is 35.9 Å². The molecular formula is C32H36BN3O3. The third-order valence-corrected chi connectivity index (χ3v) is 8.87. The molecule has 200 valence electrons. The van der Waals surface area contributed by atoms with Gasteiger partial charge in [-0.15, -0.1) is 0 Å². The molecule has 4 aliphatic rings. The lowest BCUT2D eigenvalue weighted by atomic mass is 9.80. The first-order valence-corrected chi connectivity index (χ1v) is 14.5. The Labute approximate surface area is 230 Å². The number of hydrogen-bond acceptors (Lipinski definition) is 6. The number of fused-ring (bicyclic) bond motifs is 1. The second-order valence-electron chi connectivity index (χ2n) is 11.9. The molecular weight excluding hydrogens is 485 g/mol. The molecule has 2 unspecified atom stereocenters. The highest BCUT2D eigenvalue weighted by Gasteiger charge is 2.47. The van der Waals surface area contributed by atoms with Gasteiger partial charge in [-0.05, 0) is 80.7 Å². The van der Waals surface area contributed by atoms with Gasteiger partial charge in [0.25, 0.3) is 0 Å². The fourth-order valence-corrected chi connectivity index (χ4v) is 6.76. The Morgan fingerprint density at radius 1 is 0.974 bits per heavy atom. The highest BCUT2D eigenvalue weighted by Crippen LogP contribution is 2.52. The van der Waals surface area contributed by atoms with E-state index < -0.39 is 7.12 Å². The summed E-state index contributed by atoms with van der Waals surface area (Å²) in [5.41, 5.74) is 9.46. The number of hydrogen-bond donors (Lipinski definition) is 2. The van der Waals surface area contributed by atoms with Crippen LogP contribution in [0.25, 0.3) is 22.0 Å². The minimum absolute atomic E-state index is 0.0355. The van der Waals surface area contributed by atoms with Crippen LogP contribution in [-0.4, -0.2) is 59.7 Å². The normalized spacial score (nSPS) is 26.8. The maximum Gasteiger partial charge on any atom is 0.455 e. The van der Waals surface area contributed by atoms with Crippen LogP contribution < -0.4 is 4.90 Å². The van der Waals surface area contributed by atoms with Crippen molar-refractivity contribution in [2.75, 3.05) is 24.5 Å². The molecule has 3 fully saturated rings. The van der Waals surface area contributed by atoms with Gasteiger partial charge in [0.15, 0.2) is 0 Å². The van der Waals surface area contributed by atoms with E-state index in [-0.39, 0.29) is 23.9 Å². The summed E-state index contributed by atoms with van der Waals surface area (Å²) in [6, 6.07) is 15.5. The van der Waals surface area contributed by atoms with E-state index in [2.05, 4.69) is 73.5 Å². The second kappa shape index (κ2) is 9.88. The number of allylic oxidation sites excluding steroid dienone is 1. The number of aromatic nitrogens is 1. The van der Waals surface area contributed by atoms with Crippen molar-refractivity contribution in [3.05, 3.63) is 71.4 Å². The van der Waals surface area contributed by atoms with Crippen LogP contribution in [0.2, 0.25) is 5.82 Å². The minimum Gasteiger partial charge on any atom is -0.427 e. The molecule has 0 spiro atoms. The number of pyridine rings is 1. The van der Waals surface area contributed by atoms with Crippen LogP contribution in [0.1, 0.15) is 56.6 Å². The molecule has 6 nitrogen and oxygen atoms in total. The molecule has 1 saturated heterocycles. The topological polar surface area (TPSA) is 78.2 Å². The van der Waals surface area contributed by atoms with E-state index in [0.717, 1.165) is 49.3 Å². The van der Waals surface area contributed by atoms with Gasteiger partial charge in [0.05, 0.1) is 23.4 Å². The van der Waals surface area contributed by atoms with Crippen LogP contribution in [0, 0.1) is 5.92 Å². The lowest BCUT2D eigenvalue weighted by Gasteiger charge is -2.37. The van der Waals surface area contributed by atoms with E-state index in [4.69, 9.17) is 14.7 Å². The molecule has 2 saturated carbocycles. The van der Waals surface area contributed by atoms with Gasteiger partial charge in [-0.2, -0.15) is 0 Å². The van der Waals surface area contributed by atoms with Crippen LogP contribution in [-0.2, 0) is 4.74 Å². The molecule has 4 atom stereocenters. The van der Waals surface area contributed by atoms with Gasteiger partial charge in [0.2, 0.25) is 0 Å². The van der Waals surface area contributed by atoms with Crippen LogP contribution >= 0.6 is 0 Å². The third-order valence-electron chi connectivity index (χ3n) is 8.87. The highest BCUT2D eigenvalue weighted by atomic mass is 16.5. The maximum atomic E-state index is 9.61. The quantitative estimate of drug-likeness (QED) is 0.427. The average Bonchev–Trinajstić information content (AvgIpc) is 3.86. The summed E-state index contributed by atoms with van der Waals surface area (Å²) in [7, 11) is -1.23. The summed E-state index contributed by atoms with van der Waals surface area (Å²) < 4.78 is 5.93. The SMILES string of the molecule is C[C@@H]1CN(c2ccc(-c3cnc4c(C5=NCCC(C6CC6B(O)O)=C5)cccc4c3C3CC3)cc2)C[C@H](C)O1. The van der Waals surface area contributed by atoms with Gasteiger partial charge in [-0.3, -0.25) is 9.98 Å². The maximum absolute atomic E-state index is 9.61. The van der Waals surface area contributed by atoms with Crippen LogP contribution in [0.15, 0.2) is 65.3 Å². The van der Waals surface area contributed by atoms with Crippen molar-refractivity contribution in [2.24, 2.45) is 10.9 Å². The predicted molar refractivity (Wildman–Crippen MR) is 158 cm³/mol. The summed E-state index contributed by atoms with van der Waals surface area (Å²) >= 11 is 0. The number of para-hydroxylation sites is 1. The third kappa shape index (κ3) is 4.81. The summed E-state index contributed by atoms with van der Waals surface area (Å²) in [5.74, 6) is 0.796. The monoisotopic (exact) mass is 521 g/mol. The van der Waals surface area contributed by atoms with Crippen molar-refractivity contribution in [2.45, 2.75) is 63.5 Å². The van der Waals surface area contributed by atoms with Gasteiger partial charge < -0.3 is 19.7 Å². The highest BCUT2D eigenvalue weighted by molar-refractivity contribution is 6.44. The van der Waals surface area contributed by atoms with Crippen molar-refractivity contribution >= 4 is 29.4 Å². The van der Waals surface area contributed by atoms with E-state index >= 15 is 0 Å². The largest absolute Gasteiger partial charge is 0.455 e. The summed E-state index contributed by atoms with van der Waals surface area (Å²) in [5, 5.41) is 20.4. The Balaban J connectivity index is 1.23. The molecule has 7 rings (SSSR count). The first kappa shape index (κ1) is 25.0. The van der Waals surface area contributed by atoms with Crippen molar-refractivity contribution in [1.29, 1.82) is 0 Å². The zero-order valence-electron chi connectivity index (χ0n) is 22.8. The number of nitrogens with zero attached hydrogens (tertiary/aromatic N) is 3. The minimum atomic E-state index is -1.23. The number of ether oxygens (including phenoxy) is 1. The Kier molecular flexibility index (Phi) is 6.33. The fraction of sp³-hybridized carbons (Fsp3) is 0.438. The van der Waals surface area contributed by atoms with Gasteiger partial charge >= 0.3 is 7.12 Å². The fourth-order valence-electron chi connectivity index (χ4n) is 6.76. The number of aliphatic imine (C=N–C) groups is 1. The van der Waals surface area contributed by atoms with E-state index in [1.54, 1.807) is 0 Å². The van der Waals surface area contributed by atoms with E-state index in [1.807, 2.05) is 0 Å². The van der Waals surface area contributed by atoms with Crippen molar-refractivity contribution in [1.82, 2.24) is 4.98 Å². The number of rotatable bonds is 6. The van der Waals surface area contributed by atoms with Crippen LogP contribution in [0.5, 0.6) is 0 Å². The summed E-state index contributed by atoms with van der Waals surface area (Å²) in [4.78, 5) is 12.3. The van der Waals surface area contributed by atoms with E-state index in [1.165, 1.54) is 46.2 Å². The van der Waals surface area contributed by atoms with Gasteiger partial charge in [-0.25, -0.2) is 0 Å². The van der Waals surface area contributed by atoms with E-state index in [9.17, 15) is 10.0 Å². The molecule has 1 aromatic heterocycles. The number of anilines is 1. The lowest BCUT2D eigenvalue weighted by molar-refractivity contribution is -0.00521. The van der Waals surface area contributed by atoms with Crippen LogP contribution in [0.3, 0.4) is 0 Å². The molecule has 2 aliphatic heterocycles. The predicted octanol–water partition coefficient (Wildman–Crippen LogP) is 5.37. The van der Waals surface area contributed by atoms with Gasteiger partial charge in [0, 0.05) is 53.8 Å². The Bertz CT molecular complexity index is 1450. The molecule has 0 amide bonds. The number of benzene rings is 2. The molecule has 0 radical (unpaired) electrons.